The zero-order valence-electron chi connectivity index (χ0n) is 16.3. The van der Waals surface area contributed by atoms with E-state index in [-0.39, 0.29) is 11.9 Å². The van der Waals surface area contributed by atoms with Crippen molar-refractivity contribution in [1.82, 2.24) is 19.7 Å². The molecule has 0 spiro atoms. The molecular formula is C22H26N4O. The Morgan fingerprint density at radius 2 is 1.96 bits per heavy atom. The van der Waals surface area contributed by atoms with Crippen LogP contribution in [0.3, 0.4) is 0 Å². The summed E-state index contributed by atoms with van der Waals surface area (Å²) in [6.45, 7) is 4.57. The van der Waals surface area contributed by atoms with Crippen LogP contribution in [0.1, 0.15) is 53.0 Å². The van der Waals surface area contributed by atoms with Crippen molar-refractivity contribution >= 4 is 16.8 Å². The summed E-state index contributed by atoms with van der Waals surface area (Å²) >= 11 is 0. The SMILES string of the molecule is Cc1cc(CN(C(=O)c2nn(C)cc2C)C2CCCC2)c2ccccc2n1. The van der Waals surface area contributed by atoms with Gasteiger partial charge in [-0.2, -0.15) is 5.10 Å². The molecule has 0 unspecified atom stereocenters. The van der Waals surface area contributed by atoms with E-state index in [1.807, 2.05) is 50.2 Å². The number of carbonyl (C=O) groups is 1. The second-order valence-electron chi connectivity index (χ2n) is 7.65. The van der Waals surface area contributed by atoms with Gasteiger partial charge in [0.15, 0.2) is 5.69 Å². The molecule has 1 aliphatic rings. The summed E-state index contributed by atoms with van der Waals surface area (Å²) in [5.41, 5.74) is 4.63. The first-order chi connectivity index (χ1) is 13.0. The Kier molecular flexibility index (Phi) is 4.68. The van der Waals surface area contributed by atoms with Gasteiger partial charge in [-0.25, -0.2) is 0 Å². The number of aryl methyl sites for hydroxylation is 3. The van der Waals surface area contributed by atoms with Crippen LogP contribution in [0.4, 0.5) is 0 Å². The van der Waals surface area contributed by atoms with Crippen LogP contribution in [-0.2, 0) is 13.6 Å². The van der Waals surface area contributed by atoms with Gasteiger partial charge in [-0.3, -0.25) is 14.5 Å². The Balaban J connectivity index is 1.74. The fraction of sp³-hybridized carbons (Fsp3) is 0.409. The van der Waals surface area contributed by atoms with E-state index in [1.54, 1.807) is 4.68 Å². The van der Waals surface area contributed by atoms with Gasteiger partial charge in [0.1, 0.15) is 0 Å². The minimum absolute atomic E-state index is 0.0403. The molecule has 2 aromatic heterocycles. The minimum Gasteiger partial charge on any atom is -0.330 e. The third-order valence-electron chi connectivity index (χ3n) is 5.51. The van der Waals surface area contributed by atoms with Crippen molar-refractivity contribution in [2.75, 3.05) is 0 Å². The van der Waals surface area contributed by atoms with E-state index in [2.05, 4.69) is 22.2 Å². The van der Waals surface area contributed by atoms with Crippen molar-refractivity contribution in [2.45, 2.75) is 52.1 Å². The number of carbonyl (C=O) groups excluding carboxylic acids is 1. The number of pyridine rings is 1. The van der Waals surface area contributed by atoms with Crippen LogP contribution < -0.4 is 0 Å². The van der Waals surface area contributed by atoms with Crippen LogP contribution in [0.25, 0.3) is 10.9 Å². The monoisotopic (exact) mass is 362 g/mol. The van der Waals surface area contributed by atoms with Gasteiger partial charge in [-0.05, 0) is 44.4 Å². The van der Waals surface area contributed by atoms with Gasteiger partial charge in [0.2, 0.25) is 0 Å². The molecule has 5 heteroatoms. The molecule has 0 radical (unpaired) electrons. The van der Waals surface area contributed by atoms with E-state index < -0.39 is 0 Å². The molecule has 0 aliphatic heterocycles. The summed E-state index contributed by atoms with van der Waals surface area (Å²) in [5.74, 6) is 0.0403. The van der Waals surface area contributed by atoms with Crippen molar-refractivity contribution in [3.05, 3.63) is 59.0 Å². The van der Waals surface area contributed by atoms with E-state index in [1.165, 1.54) is 12.8 Å². The molecule has 2 heterocycles. The molecule has 0 N–H and O–H groups in total. The second-order valence-corrected chi connectivity index (χ2v) is 7.65. The number of aromatic nitrogens is 3. The molecule has 4 rings (SSSR count). The molecule has 1 aromatic carbocycles. The van der Waals surface area contributed by atoms with Gasteiger partial charge < -0.3 is 4.90 Å². The molecule has 1 saturated carbocycles. The first kappa shape index (κ1) is 17.7. The average molecular weight is 362 g/mol. The molecule has 0 bridgehead atoms. The molecule has 1 aliphatic carbocycles. The number of para-hydroxylation sites is 1. The zero-order valence-corrected chi connectivity index (χ0v) is 16.3. The van der Waals surface area contributed by atoms with Crippen LogP contribution in [0, 0.1) is 13.8 Å². The first-order valence-electron chi connectivity index (χ1n) is 9.69. The molecular weight excluding hydrogens is 336 g/mol. The van der Waals surface area contributed by atoms with Crippen LogP contribution in [-0.4, -0.2) is 31.6 Å². The van der Waals surface area contributed by atoms with Gasteiger partial charge in [0.05, 0.1) is 5.52 Å². The average Bonchev–Trinajstić information content (AvgIpc) is 3.28. The highest BCUT2D eigenvalue weighted by Gasteiger charge is 2.30. The second kappa shape index (κ2) is 7.14. The fourth-order valence-corrected chi connectivity index (χ4v) is 4.25. The van der Waals surface area contributed by atoms with Crippen molar-refractivity contribution in [2.24, 2.45) is 7.05 Å². The Bertz CT molecular complexity index is 985. The Morgan fingerprint density at radius 1 is 1.22 bits per heavy atom. The van der Waals surface area contributed by atoms with E-state index >= 15 is 0 Å². The summed E-state index contributed by atoms with van der Waals surface area (Å²) in [7, 11) is 1.86. The largest absolute Gasteiger partial charge is 0.330 e. The molecule has 1 amide bonds. The van der Waals surface area contributed by atoms with Gasteiger partial charge in [0.25, 0.3) is 5.91 Å². The molecule has 5 nitrogen and oxygen atoms in total. The maximum absolute atomic E-state index is 13.4. The smallest absolute Gasteiger partial charge is 0.275 e. The zero-order chi connectivity index (χ0) is 19.0. The quantitative estimate of drug-likeness (QED) is 0.700. The lowest BCUT2D eigenvalue weighted by atomic mass is 10.0. The predicted molar refractivity (Wildman–Crippen MR) is 107 cm³/mol. The minimum atomic E-state index is 0.0403. The number of fused-ring (bicyclic) bond motifs is 1. The van der Waals surface area contributed by atoms with Gasteiger partial charge in [-0.1, -0.05) is 31.0 Å². The Labute approximate surface area is 160 Å². The Morgan fingerprint density at radius 3 is 2.67 bits per heavy atom. The van der Waals surface area contributed by atoms with E-state index in [4.69, 9.17) is 0 Å². The standard InChI is InChI=1S/C22H26N4O/c1-15-13-25(3)24-21(15)22(27)26(18-8-4-5-9-18)14-17-12-16(2)23-20-11-7-6-10-19(17)20/h6-7,10-13,18H,4-5,8-9,14H2,1-3H3. The van der Waals surface area contributed by atoms with Gasteiger partial charge in [0, 0.05) is 42.5 Å². The number of rotatable bonds is 4. The molecule has 0 saturated heterocycles. The third-order valence-corrected chi connectivity index (χ3v) is 5.51. The van der Waals surface area contributed by atoms with E-state index in [0.29, 0.717) is 12.2 Å². The lowest BCUT2D eigenvalue weighted by Gasteiger charge is -2.29. The molecule has 0 atom stereocenters. The van der Waals surface area contributed by atoms with E-state index in [9.17, 15) is 4.79 Å². The normalized spacial score (nSPS) is 14.8. The van der Waals surface area contributed by atoms with Crippen LogP contribution >= 0.6 is 0 Å². The number of benzene rings is 1. The summed E-state index contributed by atoms with van der Waals surface area (Å²) in [4.78, 5) is 20.1. The van der Waals surface area contributed by atoms with Gasteiger partial charge in [-0.15, -0.1) is 0 Å². The maximum Gasteiger partial charge on any atom is 0.275 e. The molecule has 3 aromatic rings. The number of amides is 1. The maximum atomic E-state index is 13.4. The van der Waals surface area contributed by atoms with Crippen molar-refractivity contribution < 1.29 is 4.79 Å². The fourth-order valence-electron chi connectivity index (χ4n) is 4.25. The highest BCUT2D eigenvalue weighted by Crippen LogP contribution is 2.29. The highest BCUT2D eigenvalue weighted by atomic mass is 16.2. The summed E-state index contributed by atoms with van der Waals surface area (Å²) < 4.78 is 1.72. The van der Waals surface area contributed by atoms with Crippen LogP contribution in [0.15, 0.2) is 36.5 Å². The molecule has 140 valence electrons. The summed E-state index contributed by atoms with van der Waals surface area (Å²) in [6, 6.07) is 10.6. The van der Waals surface area contributed by atoms with Gasteiger partial charge >= 0.3 is 0 Å². The lowest BCUT2D eigenvalue weighted by Crippen LogP contribution is -2.39. The molecule has 1 fully saturated rings. The Hall–Kier alpha value is -2.69. The number of nitrogens with zero attached hydrogens (tertiary/aromatic N) is 4. The highest BCUT2D eigenvalue weighted by molar-refractivity contribution is 5.94. The molecule has 27 heavy (non-hydrogen) atoms. The van der Waals surface area contributed by atoms with Crippen molar-refractivity contribution in [3.63, 3.8) is 0 Å². The van der Waals surface area contributed by atoms with Crippen LogP contribution in [0.2, 0.25) is 0 Å². The number of hydrogen-bond acceptors (Lipinski definition) is 3. The predicted octanol–water partition coefficient (Wildman–Crippen LogP) is 4.17. The topological polar surface area (TPSA) is 51.0 Å². The van der Waals surface area contributed by atoms with Crippen molar-refractivity contribution in [1.29, 1.82) is 0 Å². The number of hydrogen-bond donors (Lipinski definition) is 0. The third kappa shape index (κ3) is 3.46. The van der Waals surface area contributed by atoms with E-state index in [0.717, 1.165) is 40.6 Å². The lowest BCUT2D eigenvalue weighted by molar-refractivity contribution is 0.0657. The first-order valence-corrected chi connectivity index (χ1v) is 9.69. The summed E-state index contributed by atoms with van der Waals surface area (Å²) in [6.07, 6.45) is 6.42. The summed E-state index contributed by atoms with van der Waals surface area (Å²) in [5, 5.41) is 5.56. The van der Waals surface area contributed by atoms with Crippen molar-refractivity contribution in [3.8, 4) is 0 Å². The van der Waals surface area contributed by atoms with Crippen LogP contribution in [0.5, 0.6) is 0 Å².